The molecule has 0 radical (unpaired) electrons. The van der Waals surface area contributed by atoms with E-state index in [0.29, 0.717) is 18.0 Å². The van der Waals surface area contributed by atoms with Gasteiger partial charge in [-0.25, -0.2) is 0 Å². The van der Waals surface area contributed by atoms with Gasteiger partial charge in [-0.15, -0.1) is 11.6 Å². The smallest absolute Gasteiger partial charge is 0.254 e. The van der Waals surface area contributed by atoms with Crippen molar-refractivity contribution in [2.75, 3.05) is 12.4 Å². The van der Waals surface area contributed by atoms with Gasteiger partial charge in [0, 0.05) is 24.0 Å². The largest absolute Gasteiger partial charge is 0.504 e. The first-order chi connectivity index (χ1) is 8.13. The summed E-state index contributed by atoms with van der Waals surface area (Å²) >= 11 is 5.67. The molecule has 1 aromatic rings. The molecular formula is C12H14ClNO3. The zero-order valence-corrected chi connectivity index (χ0v) is 10.0. The molecule has 0 aromatic heterocycles. The fourth-order valence-electron chi connectivity index (χ4n) is 1.75. The summed E-state index contributed by atoms with van der Waals surface area (Å²) in [7, 11) is 0. The average molecular weight is 256 g/mol. The van der Waals surface area contributed by atoms with E-state index in [9.17, 15) is 15.0 Å². The molecule has 5 heteroatoms. The van der Waals surface area contributed by atoms with E-state index in [-0.39, 0.29) is 23.4 Å². The predicted molar refractivity (Wildman–Crippen MR) is 64.6 cm³/mol. The van der Waals surface area contributed by atoms with Crippen LogP contribution in [0, 0.1) is 0 Å². The normalized spacial score (nSPS) is 14.6. The van der Waals surface area contributed by atoms with Crippen LogP contribution in [0.25, 0.3) is 0 Å². The lowest BCUT2D eigenvalue weighted by atomic mass is 10.1. The quantitative estimate of drug-likeness (QED) is 0.639. The number of aromatic hydroxyl groups is 2. The summed E-state index contributed by atoms with van der Waals surface area (Å²) in [5, 5.41) is 18.6. The third-order valence-corrected chi connectivity index (χ3v) is 2.97. The number of halogens is 1. The Morgan fingerprint density at radius 3 is 2.59 bits per heavy atom. The van der Waals surface area contributed by atoms with Crippen molar-refractivity contribution in [3.8, 4) is 11.5 Å². The summed E-state index contributed by atoms with van der Waals surface area (Å²) in [6.07, 6.45) is 2.01. The predicted octanol–water partition coefficient (Wildman–Crippen LogP) is 1.94. The highest BCUT2D eigenvalue weighted by molar-refractivity contribution is 6.18. The van der Waals surface area contributed by atoms with Crippen molar-refractivity contribution in [2.45, 2.75) is 18.9 Å². The number of alkyl halides is 1. The molecule has 1 fully saturated rings. The van der Waals surface area contributed by atoms with E-state index in [1.165, 1.54) is 18.2 Å². The van der Waals surface area contributed by atoms with E-state index in [1.54, 1.807) is 4.90 Å². The van der Waals surface area contributed by atoms with Crippen LogP contribution in [-0.2, 0) is 0 Å². The van der Waals surface area contributed by atoms with Gasteiger partial charge in [-0.3, -0.25) is 4.79 Å². The van der Waals surface area contributed by atoms with Crippen molar-refractivity contribution in [3.05, 3.63) is 23.8 Å². The van der Waals surface area contributed by atoms with E-state index in [0.717, 1.165) is 12.8 Å². The van der Waals surface area contributed by atoms with Crippen molar-refractivity contribution in [2.24, 2.45) is 0 Å². The molecular weight excluding hydrogens is 242 g/mol. The SMILES string of the molecule is O=C(c1ccc(O)c(O)c1)N(CCCl)C1CC1. The lowest BCUT2D eigenvalue weighted by Gasteiger charge is -2.21. The lowest BCUT2D eigenvalue weighted by molar-refractivity contribution is 0.0753. The number of carbonyl (C=O) groups excluding carboxylic acids is 1. The number of phenolic OH excluding ortho intramolecular Hbond substituents is 2. The molecule has 0 bridgehead atoms. The van der Waals surface area contributed by atoms with Crippen molar-refractivity contribution < 1.29 is 15.0 Å². The third-order valence-electron chi connectivity index (χ3n) is 2.80. The maximum absolute atomic E-state index is 12.2. The Balaban J connectivity index is 2.19. The summed E-state index contributed by atoms with van der Waals surface area (Å²) in [4.78, 5) is 13.9. The number of phenols is 2. The topological polar surface area (TPSA) is 60.8 Å². The van der Waals surface area contributed by atoms with Gasteiger partial charge in [-0.05, 0) is 31.0 Å². The van der Waals surface area contributed by atoms with Crippen LogP contribution in [0.3, 0.4) is 0 Å². The average Bonchev–Trinajstić information content (AvgIpc) is 3.13. The second-order valence-electron chi connectivity index (χ2n) is 4.12. The summed E-state index contributed by atoms with van der Waals surface area (Å²) in [5.74, 6) is -0.260. The van der Waals surface area contributed by atoms with Gasteiger partial charge < -0.3 is 15.1 Å². The molecule has 17 heavy (non-hydrogen) atoms. The fraction of sp³-hybridized carbons (Fsp3) is 0.417. The van der Waals surface area contributed by atoms with Crippen LogP contribution >= 0.6 is 11.6 Å². The Hall–Kier alpha value is -1.42. The van der Waals surface area contributed by atoms with E-state index in [1.807, 2.05) is 0 Å². The maximum atomic E-state index is 12.2. The Kier molecular flexibility index (Phi) is 3.43. The van der Waals surface area contributed by atoms with Crippen LogP contribution < -0.4 is 0 Å². The van der Waals surface area contributed by atoms with Crippen molar-refractivity contribution in [3.63, 3.8) is 0 Å². The highest BCUT2D eigenvalue weighted by atomic mass is 35.5. The minimum Gasteiger partial charge on any atom is -0.504 e. The zero-order chi connectivity index (χ0) is 12.4. The monoisotopic (exact) mass is 255 g/mol. The summed E-state index contributed by atoms with van der Waals surface area (Å²) < 4.78 is 0. The number of hydrogen-bond donors (Lipinski definition) is 2. The molecule has 1 aliphatic rings. The van der Waals surface area contributed by atoms with Crippen molar-refractivity contribution in [1.82, 2.24) is 4.90 Å². The van der Waals surface area contributed by atoms with Gasteiger partial charge in [0.25, 0.3) is 5.91 Å². The minimum absolute atomic E-state index is 0.150. The Morgan fingerprint density at radius 1 is 1.35 bits per heavy atom. The first-order valence-corrected chi connectivity index (χ1v) is 6.06. The van der Waals surface area contributed by atoms with Gasteiger partial charge in [0.05, 0.1) is 0 Å². The number of hydrogen-bond acceptors (Lipinski definition) is 3. The highest BCUT2D eigenvalue weighted by Gasteiger charge is 2.32. The van der Waals surface area contributed by atoms with Crippen molar-refractivity contribution >= 4 is 17.5 Å². The Morgan fingerprint density at radius 2 is 2.06 bits per heavy atom. The van der Waals surface area contributed by atoms with Gasteiger partial charge >= 0.3 is 0 Å². The molecule has 2 N–H and O–H groups in total. The number of carbonyl (C=O) groups is 1. The van der Waals surface area contributed by atoms with Crippen LogP contribution in [0.5, 0.6) is 11.5 Å². The Bertz CT molecular complexity index is 432. The van der Waals surface area contributed by atoms with E-state index >= 15 is 0 Å². The van der Waals surface area contributed by atoms with Crippen molar-refractivity contribution in [1.29, 1.82) is 0 Å². The molecule has 0 atom stereocenters. The second kappa shape index (κ2) is 4.84. The first kappa shape index (κ1) is 12.0. The molecule has 1 amide bonds. The third kappa shape index (κ3) is 2.64. The number of nitrogens with zero attached hydrogens (tertiary/aromatic N) is 1. The summed E-state index contributed by atoms with van der Waals surface area (Å²) in [6, 6.07) is 4.37. The molecule has 1 saturated carbocycles. The van der Waals surface area contributed by atoms with Crippen LogP contribution in [0.4, 0.5) is 0 Å². The summed E-state index contributed by atoms with van der Waals surface area (Å²) in [6.45, 7) is 0.507. The fourth-order valence-corrected chi connectivity index (χ4v) is 1.93. The van der Waals surface area contributed by atoms with Crippen LogP contribution in [0.1, 0.15) is 23.2 Å². The molecule has 0 heterocycles. The van der Waals surface area contributed by atoms with Gasteiger partial charge in [-0.2, -0.15) is 0 Å². The first-order valence-electron chi connectivity index (χ1n) is 5.52. The zero-order valence-electron chi connectivity index (χ0n) is 9.27. The number of amides is 1. The number of rotatable bonds is 4. The van der Waals surface area contributed by atoms with E-state index < -0.39 is 0 Å². The van der Waals surface area contributed by atoms with E-state index in [4.69, 9.17) is 11.6 Å². The molecule has 0 unspecified atom stereocenters. The Labute approximate surface area is 104 Å². The van der Waals surface area contributed by atoms with Crippen LogP contribution in [0.15, 0.2) is 18.2 Å². The molecule has 0 spiro atoms. The second-order valence-corrected chi connectivity index (χ2v) is 4.50. The van der Waals surface area contributed by atoms with Crippen LogP contribution in [0.2, 0.25) is 0 Å². The molecule has 0 saturated heterocycles. The molecule has 1 aromatic carbocycles. The lowest BCUT2D eigenvalue weighted by Crippen LogP contribution is -2.34. The standard InChI is InChI=1S/C12H14ClNO3/c13-5-6-14(9-2-3-9)12(17)8-1-4-10(15)11(16)7-8/h1,4,7,9,15-16H,2-3,5-6H2. The van der Waals surface area contributed by atoms with Gasteiger partial charge in [0.15, 0.2) is 11.5 Å². The maximum Gasteiger partial charge on any atom is 0.254 e. The van der Waals surface area contributed by atoms with Crippen LogP contribution in [-0.4, -0.2) is 39.5 Å². The van der Waals surface area contributed by atoms with Gasteiger partial charge in [-0.1, -0.05) is 0 Å². The molecule has 4 nitrogen and oxygen atoms in total. The van der Waals surface area contributed by atoms with Gasteiger partial charge in [0.1, 0.15) is 0 Å². The molecule has 0 aliphatic heterocycles. The van der Waals surface area contributed by atoms with Gasteiger partial charge in [0.2, 0.25) is 0 Å². The molecule has 2 rings (SSSR count). The minimum atomic E-state index is -0.280. The van der Waals surface area contributed by atoms with E-state index in [2.05, 4.69) is 0 Å². The number of benzene rings is 1. The molecule has 92 valence electrons. The summed E-state index contributed by atoms with van der Waals surface area (Å²) in [5.41, 5.74) is 0.373. The molecule has 1 aliphatic carbocycles. The highest BCUT2D eigenvalue weighted by Crippen LogP contribution is 2.30.